The minimum Gasteiger partial charge on any atom is -0.491 e. The summed E-state index contributed by atoms with van der Waals surface area (Å²) in [4.78, 5) is 0. The number of rotatable bonds is 5. The van der Waals surface area contributed by atoms with Crippen molar-refractivity contribution in [3.63, 3.8) is 0 Å². The third-order valence-corrected chi connectivity index (χ3v) is 3.64. The Balaban J connectivity index is 1.88. The molecule has 4 heteroatoms. The van der Waals surface area contributed by atoms with Crippen LogP contribution in [0.2, 0.25) is 5.02 Å². The summed E-state index contributed by atoms with van der Waals surface area (Å²) in [5, 5.41) is 4.07. The number of aryl methyl sites for hydroxylation is 2. The van der Waals surface area contributed by atoms with E-state index in [4.69, 9.17) is 16.3 Å². The summed E-state index contributed by atoms with van der Waals surface area (Å²) in [5.74, 6) is 0.922. The van der Waals surface area contributed by atoms with Crippen molar-refractivity contribution >= 4 is 33.2 Å². The molecule has 2 aromatic carbocycles. The number of ether oxygens (including phenoxy) is 1. The maximum Gasteiger partial charge on any atom is 0.125 e. The minimum absolute atomic E-state index is 0.607. The maximum atomic E-state index is 6.01. The smallest absolute Gasteiger partial charge is 0.125 e. The summed E-state index contributed by atoms with van der Waals surface area (Å²) < 4.78 is 6.90. The molecule has 0 aliphatic carbocycles. The summed E-state index contributed by atoms with van der Waals surface area (Å²) in [6.45, 7) is 5.37. The zero-order chi connectivity index (χ0) is 14.5. The van der Waals surface area contributed by atoms with Crippen molar-refractivity contribution in [3.8, 4) is 5.75 Å². The maximum absolute atomic E-state index is 6.01. The second kappa shape index (κ2) is 7.00. The average Bonchev–Trinajstić information content (AvgIpc) is 2.36. The molecule has 0 aliphatic rings. The number of hydrogen-bond acceptors (Lipinski definition) is 2. The number of halogens is 2. The van der Waals surface area contributed by atoms with Crippen molar-refractivity contribution in [1.29, 1.82) is 0 Å². The first-order chi connectivity index (χ1) is 9.56. The summed E-state index contributed by atoms with van der Waals surface area (Å²) in [6, 6.07) is 11.9. The Morgan fingerprint density at radius 3 is 2.50 bits per heavy atom. The van der Waals surface area contributed by atoms with Gasteiger partial charge in [0.15, 0.2) is 0 Å². The first-order valence-corrected chi connectivity index (χ1v) is 7.62. The van der Waals surface area contributed by atoms with Crippen LogP contribution in [0.1, 0.15) is 11.1 Å². The SMILES string of the molecule is Cc1cc(Cl)cc(C)c1OCCNc1cccc(Br)c1. The van der Waals surface area contributed by atoms with Gasteiger partial charge in [-0.15, -0.1) is 0 Å². The molecular formula is C16H17BrClNO. The molecule has 106 valence electrons. The molecule has 0 atom stereocenters. The molecule has 2 rings (SSSR count). The van der Waals surface area contributed by atoms with Gasteiger partial charge < -0.3 is 10.1 Å². The fourth-order valence-electron chi connectivity index (χ4n) is 2.07. The topological polar surface area (TPSA) is 21.3 Å². The molecule has 0 unspecified atom stereocenters. The lowest BCUT2D eigenvalue weighted by Crippen LogP contribution is -2.12. The lowest BCUT2D eigenvalue weighted by molar-refractivity contribution is 0.328. The number of nitrogens with one attached hydrogen (secondary N) is 1. The highest BCUT2D eigenvalue weighted by Gasteiger charge is 2.05. The van der Waals surface area contributed by atoms with E-state index in [-0.39, 0.29) is 0 Å². The molecule has 1 N–H and O–H groups in total. The Hall–Kier alpha value is -1.19. The Kier molecular flexibility index (Phi) is 5.32. The summed E-state index contributed by atoms with van der Waals surface area (Å²) in [5.41, 5.74) is 3.21. The van der Waals surface area contributed by atoms with E-state index in [1.54, 1.807) is 0 Å². The van der Waals surface area contributed by atoms with E-state index in [1.807, 2.05) is 50.2 Å². The Morgan fingerprint density at radius 1 is 1.15 bits per heavy atom. The van der Waals surface area contributed by atoms with E-state index in [1.165, 1.54) is 0 Å². The Labute approximate surface area is 133 Å². The van der Waals surface area contributed by atoms with Crippen LogP contribution >= 0.6 is 27.5 Å². The third kappa shape index (κ3) is 4.15. The normalized spacial score (nSPS) is 10.4. The molecule has 2 nitrogen and oxygen atoms in total. The molecule has 0 saturated carbocycles. The number of hydrogen-bond donors (Lipinski definition) is 1. The summed E-state index contributed by atoms with van der Waals surface area (Å²) >= 11 is 9.46. The van der Waals surface area contributed by atoms with Gasteiger partial charge in [0.1, 0.15) is 12.4 Å². The van der Waals surface area contributed by atoms with Gasteiger partial charge in [0, 0.05) is 21.7 Å². The molecule has 2 aromatic rings. The van der Waals surface area contributed by atoms with Gasteiger partial charge in [0.05, 0.1) is 0 Å². The minimum atomic E-state index is 0.607. The van der Waals surface area contributed by atoms with Gasteiger partial charge in [0.2, 0.25) is 0 Å². The Bertz CT molecular complexity index is 578. The highest BCUT2D eigenvalue weighted by atomic mass is 79.9. The lowest BCUT2D eigenvalue weighted by Gasteiger charge is -2.13. The quantitative estimate of drug-likeness (QED) is 0.744. The first-order valence-electron chi connectivity index (χ1n) is 6.45. The second-order valence-corrected chi connectivity index (χ2v) is 6.01. The van der Waals surface area contributed by atoms with Crippen LogP contribution in [-0.2, 0) is 0 Å². The van der Waals surface area contributed by atoms with Crippen LogP contribution in [0.15, 0.2) is 40.9 Å². The molecular weight excluding hydrogens is 338 g/mol. The summed E-state index contributed by atoms with van der Waals surface area (Å²) in [6.07, 6.45) is 0. The average molecular weight is 355 g/mol. The van der Waals surface area contributed by atoms with E-state index in [0.717, 1.165) is 38.6 Å². The fourth-order valence-corrected chi connectivity index (χ4v) is 2.80. The zero-order valence-corrected chi connectivity index (χ0v) is 13.9. The molecule has 0 amide bonds. The molecule has 0 spiro atoms. The van der Waals surface area contributed by atoms with Crippen molar-refractivity contribution in [2.75, 3.05) is 18.5 Å². The van der Waals surface area contributed by atoms with Crippen molar-refractivity contribution in [1.82, 2.24) is 0 Å². The monoisotopic (exact) mass is 353 g/mol. The molecule has 0 radical (unpaired) electrons. The van der Waals surface area contributed by atoms with E-state index >= 15 is 0 Å². The van der Waals surface area contributed by atoms with Crippen molar-refractivity contribution in [3.05, 3.63) is 57.0 Å². The van der Waals surface area contributed by atoms with Crippen molar-refractivity contribution < 1.29 is 4.74 Å². The van der Waals surface area contributed by atoms with Gasteiger partial charge in [-0.25, -0.2) is 0 Å². The molecule has 0 aromatic heterocycles. The largest absolute Gasteiger partial charge is 0.491 e. The van der Waals surface area contributed by atoms with E-state index in [0.29, 0.717) is 6.61 Å². The highest BCUT2D eigenvalue weighted by molar-refractivity contribution is 9.10. The molecule has 20 heavy (non-hydrogen) atoms. The second-order valence-electron chi connectivity index (χ2n) is 4.65. The standard InChI is InChI=1S/C16H17BrClNO/c1-11-8-14(18)9-12(2)16(11)20-7-6-19-15-5-3-4-13(17)10-15/h3-5,8-10,19H,6-7H2,1-2H3. The molecule has 0 heterocycles. The highest BCUT2D eigenvalue weighted by Crippen LogP contribution is 2.26. The van der Waals surface area contributed by atoms with Crippen LogP contribution in [0.5, 0.6) is 5.75 Å². The predicted octanol–water partition coefficient (Wildman–Crippen LogP) is 5.21. The van der Waals surface area contributed by atoms with Crippen LogP contribution in [0.4, 0.5) is 5.69 Å². The van der Waals surface area contributed by atoms with Crippen LogP contribution in [0.3, 0.4) is 0 Å². The van der Waals surface area contributed by atoms with E-state index in [9.17, 15) is 0 Å². The molecule has 0 saturated heterocycles. The van der Waals surface area contributed by atoms with Crippen LogP contribution in [0.25, 0.3) is 0 Å². The van der Waals surface area contributed by atoms with Crippen molar-refractivity contribution in [2.45, 2.75) is 13.8 Å². The Morgan fingerprint density at radius 2 is 1.85 bits per heavy atom. The van der Waals surface area contributed by atoms with Crippen LogP contribution < -0.4 is 10.1 Å². The van der Waals surface area contributed by atoms with Crippen LogP contribution in [0, 0.1) is 13.8 Å². The molecule has 0 aliphatic heterocycles. The predicted molar refractivity (Wildman–Crippen MR) is 89.1 cm³/mol. The van der Waals surface area contributed by atoms with Gasteiger partial charge >= 0.3 is 0 Å². The third-order valence-electron chi connectivity index (χ3n) is 2.93. The zero-order valence-electron chi connectivity index (χ0n) is 11.5. The van der Waals surface area contributed by atoms with Gasteiger partial charge in [-0.3, -0.25) is 0 Å². The van der Waals surface area contributed by atoms with Gasteiger partial charge in [-0.2, -0.15) is 0 Å². The van der Waals surface area contributed by atoms with E-state index in [2.05, 4.69) is 21.2 Å². The number of benzene rings is 2. The van der Waals surface area contributed by atoms with Gasteiger partial charge in [-0.1, -0.05) is 33.6 Å². The number of anilines is 1. The van der Waals surface area contributed by atoms with Gasteiger partial charge in [0.25, 0.3) is 0 Å². The van der Waals surface area contributed by atoms with E-state index < -0.39 is 0 Å². The molecule has 0 fully saturated rings. The molecule has 0 bridgehead atoms. The lowest BCUT2D eigenvalue weighted by atomic mass is 10.1. The summed E-state index contributed by atoms with van der Waals surface area (Å²) in [7, 11) is 0. The first kappa shape index (κ1) is 15.2. The van der Waals surface area contributed by atoms with Crippen molar-refractivity contribution in [2.24, 2.45) is 0 Å². The van der Waals surface area contributed by atoms with Gasteiger partial charge in [-0.05, 0) is 55.3 Å². The van der Waals surface area contributed by atoms with Crippen LogP contribution in [-0.4, -0.2) is 13.2 Å². The fraction of sp³-hybridized carbons (Fsp3) is 0.250.